The lowest BCUT2D eigenvalue weighted by Crippen LogP contribution is -2.38. The second kappa shape index (κ2) is 4.94. The lowest BCUT2D eigenvalue weighted by molar-refractivity contribution is 0.143. The fraction of sp³-hybridized carbons (Fsp3) is 0.533. The van der Waals surface area contributed by atoms with Gasteiger partial charge in [-0.1, -0.05) is 19.9 Å². The minimum absolute atomic E-state index is 0.0201. The van der Waals surface area contributed by atoms with Gasteiger partial charge in [-0.25, -0.2) is 4.98 Å². The van der Waals surface area contributed by atoms with E-state index in [4.69, 9.17) is 5.73 Å². The van der Waals surface area contributed by atoms with Crippen LogP contribution in [0.5, 0.6) is 0 Å². The van der Waals surface area contributed by atoms with Gasteiger partial charge in [-0.15, -0.1) is 0 Å². The van der Waals surface area contributed by atoms with E-state index < -0.39 is 0 Å². The van der Waals surface area contributed by atoms with Crippen molar-refractivity contribution < 1.29 is 0 Å². The molecule has 2 rings (SSSR count). The van der Waals surface area contributed by atoms with Crippen molar-refractivity contribution in [2.75, 3.05) is 20.6 Å². The van der Waals surface area contributed by atoms with Gasteiger partial charge in [-0.2, -0.15) is 0 Å². The molecule has 0 fully saturated rings. The van der Waals surface area contributed by atoms with Gasteiger partial charge < -0.3 is 15.6 Å². The van der Waals surface area contributed by atoms with Crippen molar-refractivity contribution in [3.8, 4) is 0 Å². The Morgan fingerprint density at radius 1 is 1.37 bits per heavy atom. The zero-order chi connectivity index (χ0) is 14.2. The van der Waals surface area contributed by atoms with Crippen molar-refractivity contribution in [1.82, 2.24) is 14.9 Å². The molecular formula is C15H24N4. The van der Waals surface area contributed by atoms with E-state index in [2.05, 4.69) is 61.0 Å². The van der Waals surface area contributed by atoms with E-state index in [0.717, 1.165) is 16.9 Å². The van der Waals surface area contributed by atoms with Gasteiger partial charge in [0.15, 0.2) is 0 Å². The van der Waals surface area contributed by atoms with Gasteiger partial charge in [-0.3, -0.25) is 0 Å². The lowest BCUT2D eigenvalue weighted by Gasteiger charge is -2.38. The number of H-pyrrole nitrogens is 1. The molecule has 2 aromatic rings. The SMILES string of the molecule is Cc1nc2ccc(C(N(C)C)C(C)(C)CN)cc2[nH]1. The van der Waals surface area contributed by atoms with Crippen molar-refractivity contribution in [3.63, 3.8) is 0 Å². The average molecular weight is 260 g/mol. The summed E-state index contributed by atoms with van der Waals surface area (Å²) in [6.07, 6.45) is 0. The highest BCUT2D eigenvalue weighted by Crippen LogP contribution is 2.36. The van der Waals surface area contributed by atoms with Crippen LogP contribution in [0.25, 0.3) is 11.0 Å². The minimum Gasteiger partial charge on any atom is -0.342 e. The average Bonchev–Trinajstić information content (AvgIpc) is 2.67. The molecule has 19 heavy (non-hydrogen) atoms. The number of rotatable bonds is 4. The summed E-state index contributed by atoms with van der Waals surface area (Å²) in [4.78, 5) is 9.98. The predicted octanol–water partition coefficient (Wildman–Crippen LogP) is 2.46. The highest BCUT2D eigenvalue weighted by Gasteiger charge is 2.31. The fourth-order valence-corrected chi connectivity index (χ4v) is 2.88. The van der Waals surface area contributed by atoms with Gasteiger partial charge in [0.1, 0.15) is 5.82 Å². The second-order valence-electron chi connectivity index (χ2n) is 6.16. The van der Waals surface area contributed by atoms with Gasteiger partial charge in [0, 0.05) is 6.04 Å². The van der Waals surface area contributed by atoms with E-state index in [-0.39, 0.29) is 11.5 Å². The first-order valence-corrected chi connectivity index (χ1v) is 6.68. The quantitative estimate of drug-likeness (QED) is 0.888. The molecule has 0 saturated heterocycles. The van der Waals surface area contributed by atoms with E-state index in [1.165, 1.54) is 5.56 Å². The third-order valence-electron chi connectivity index (χ3n) is 3.72. The second-order valence-corrected chi connectivity index (χ2v) is 6.16. The van der Waals surface area contributed by atoms with Crippen LogP contribution >= 0.6 is 0 Å². The van der Waals surface area contributed by atoms with Gasteiger partial charge in [0.25, 0.3) is 0 Å². The molecule has 0 aliphatic heterocycles. The molecule has 0 aliphatic rings. The summed E-state index contributed by atoms with van der Waals surface area (Å²) in [5.74, 6) is 0.951. The smallest absolute Gasteiger partial charge is 0.104 e. The molecule has 1 heterocycles. The third kappa shape index (κ3) is 2.65. The number of nitrogens with one attached hydrogen (secondary N) is 1. The molecule has 0 radical (unpaired) electrons. The van der Waals surface area contributed by atoms with E-state index in [1.807, 2.05) is 6.92 Å². The Bertz CT molecular complexity index is 569. The summed E-state index contributed by atoms with van der Waals surface area (Å²) in [6, 6.07) is 6.71. The molecule has 4 heteroatoms. The summed E-state index contributed by atoms with van der Waals surface area (Å²) in [5, 5.41) is 0. The van der Waals surface area contributed by atoms with Crippen LogP contribution < -0.4 is 5.73 Å². The molecule has 104 valence electrons. The predicted molar refractivity (Wildman–Crippen MR) is 80.1 cm³/mol. The van der Waals surface area contributed by atoms with Crippen LogP contribution in [0.1, 0.15) is 31.3 Å². The van der Waals surface area contributed by atoms with Gasteiger partial charge >= 0.3 is 0 Å². The number of hydrogen-bond donors (Lipinski definition) is 2. The first kappa shape index (κ1) is 14.0. The molecule has 0 aliphatic carbocycles. The number of aromatic amines is 1. The van der Waals surface area contributed by atoms with E-state index >= 15 is 0 Å². The number of hydrogen-bond acceptors (Lipinski definition) is 3. The molecule has 1 atom stereocenters. The van der Waals surface area contributed by atoms with Crippen LogP contribution in [0.3, 0.4) is 0 Å². The standard InChI is InChI=1S/C15H24N4/c1-10-17-12-7-6-11(8-13(12)18-10)14(19(4)5)15(2,3)9-16/h6-8,14H,9,16H2,1-5H3,(H,17,18). The van der Waals surface area contributed by atoms with Crippen LogP contribution in [0.2, 0.25) is 0 Å². The van der Waals surface area contributed by atoms with Gasteiger partial charge in [0.05, 0.1) is 11.0 Å². The first-order chi connectivity index (χ1) is 8.85. The van der Waals surface area contributed by atoms with Crippen molar-refractivity contribution in [1.29, 1.82) is 0 Å². The summed E-state index contributed by atoms with van der Waals surface area (Å²) in [6.45, 7) is 7.04. The van der Waals surface area contributed by atoms with E-state index in [1.54, 1.807) is 0 Å². The highest BCUT2D eigenvalue weighted by molar-refractivity contribution is 5.76. The van der Waals surface area contributed by atoms with Crippen molar-refractivity contribution in [2.24, 2.45) is 11.1 Å². The number of imidazole rings is 1. The van der Waals surface area contributed by atoms with Crippen molar-refractivity contribution >= 4 is 11.0 Å². The molecule has 1 unspecified atom stereocenters. The Hall–Kier alpha value is -1.39. The Kier molecular flexibility index (Phi) is 3.65. The molecule has 1 aromatic heterocycles. The van der Waals surface area contributed by atoms with Crippen LogP contribution in [0.4, 0.5) is 0 Å². The molecule has 0 amide bonds. The minimum atomic E-state index is 0.0201. The normalized spacial score (nSPS) is 14.3. The Labute approximate surface area is 115 Å². The summed E-state index contributed by atoms with van der Waals surface area (Å²) >= 11 is 0. The lowest BCUT2D eigenvalue weighted by atomic mass is 9.79. The molecule has 0 bridgehead atoms. The fourth-order valence-electron chi connectivity index (χ4n) is 2.88. The topological polar surface area (TPSA) is 57.9 Å². The Balaban J connectivity index is 2.50. The first-order valence-electron chi connectivity index (χ1n) is 6.68. The third-order valence-corrected chi connectivity index (χ3v) is 3.72. The largest absolute Gasteiger partial charge is 0.342 e. The van der Waals surface area contributed by atoms with Crippen molar-refractivity contribution in [3.05, 3.63) is 29.6 Å². The summed E-state index contributed by atoms with van der Waals surface area (Å²) in [5.41, 5.74) is 9.36. The number of aromatic nitrogens is 2. The van der Waals surface area contributed by atoms with E-state index in [0.29, 0.717) is 6.54 Å². The number of aryl methyl sites for hydroxylation is 1. The van der Waals surface area contributed by atoms with Gasteiger partial charge in [-0.05, 0) is 50.7 Å². The zero-order valence-electron chi connectivity index (χ0n) is 12.5. The van der Waals surface area contributed by atoms with Gasteiger partial charge in [0.2, 0.25) is 0 Å². The summed E-state index contributed by atoms with van der Waals surface area (Å²) < 4.78 is 0. The molecule has 1 aromatic carbocycles. The Morgan fingerprint density at radius 3 is 2.63 bits per heavy atom. The zero-order valence-corrected chi connectivity index (χ0v) is 12.5. The van der Waals surface area contributed by atoms with Crippen LogP contribution in [-0.2, 0) is 0 Å². The maximum Gasteiger partial charge on any atom is 0.104 e. The van der Waals surface area contributed by atoms with E-state index in [9.17, 15) is 0 Å². The summed E-state index contributed by atoms with van der Waals surface area (Å²) in [7, 11) is 4.20. The molecule has 0 saturated carbocycles. The number of nitrogens with zero attached hydrogens (tertiary/aromatic N) is 2. The maximum absolute atomic E-state index is 5.95. The number of benzene rings is 1. The van der Waals surface area contributed by atoms with Crippen molar-refractivity contribution in [2.45, 2.75) is 26.8 Å². The number of fused-ring (bicyclic) bond motifs is 1. The monoisotopic (exact) mass is 260 g/mol. The Morgan fingerprint density at radius 2 is 2.05 bits per heavy atom. The number of nitrogens with two attached hydrogens (primary N) is 1. The molecule has 0 spiro atoms. The molecular weight excluding hydrogens is 236 g/mol. The highest BCUT2D eigenvalue weighted by atomic mass is 15.1. The van der Waals surface area contributed by atoms with Crippen LogP contribution in [0.15, 0.2) is 18.2 Å². The maximum atomic E-state index is 5.95. The van der Waals surface area contributed by atoms with Crippen LogP contribution in [-0.4, -0.2) is 35.5 Å². The molecule has 3 N–H and O–H groups in total. The molecule has 4 nitrogen and oxygen atoms in total. The van der Waals surface area contributed by atoms with Crippen LogP contribution in [0, 0.1) is 12.3 Å².